The predicted octanol–water partition coefficient (Wildman–Crippen LogP) is 2.59. The molecule has 0 saturated carbocycles. The van der Waals surface area contributed by atoms with Gasteiger partial charge < -0.3 is 20.3 Å². The van der Waals surface area contributed by atoms with E-state index in [-0.39, 0.29) is 0 Å². The average molecular weight is 301 g/mol. The second kappa shape index (κ2) is 8.19. The summed E-state index contributed by atoms with van der Waals surface area (Å²) in [4.78, 5) is 10.6. The SMILES string of the molecule is COc1cccc(Nc2cc(NCCCN(C)C)ncn2)c1. The zero-order valence-corrected chi connectivity index (χ0v) is 13.3. The first-order valence-electron chi connectivity index (χ1n) is 7.29. The quantitative estimate of drug-likeness (QED) is 0.731. The minimum absolute atomic E-state index is 0.748. The van der Waals surface area contributed by atoms with Crippen molar-refractivity contribution in [1.82, 2.24) is 14.9 Å². The van der Waals surface area contributed by atoms with Crippen molar-refractivity contribution in [2.75, 3.05) is 44.9 Å². The molecule has 0 saturated heterocycles. The maximum atomic E-state index is 5.21. The van der Waals surface area contributed by atoms with Crippen molar-refractivity contribution >= 4 is 17.3 Å². The molecule has 0 aliphatic rings. The molecule has 0 aliphatic carbocycles. The van der Waals surface area contributed by atoms with Gasteiger partial charge in [0.2, 0.25) is 0 Å². The summed E-state index contributed by atoms with van der Waals surface area (Å²) in [6.45, 7) is 1.93. The highest BCUT2D eigenvalue weighted by atomic mass is 16.5. The van der Waals surface area contributed by atoms with Crippen LogP contribution in [0.25, 0.3) is 0 Å². The van der Waals surface area contributed by atoms with Crippen LogP contribution in [0.4, 0.5) is 17.3 Å². The number of hydrogen-bond acceptors (Lipinski definition) is 6. The van der Waals surface area contributed by atoms with E-state index in [0.29, 0.717) is 0 Å². The lowest BCUT2D eigenvalue weighted by atomic mass is 10.3. The molecule has 22 heavy (non-hydrogen) atoms. The molecule has 1 aromatic carbocycles. The summed E-state index contributed by atoms with van der Waals surface area (Å²) in [7, 11) is 5.79. The van der Waals surface area contributed by atoms with E-state index < -0.39 is 0 Å². The zero-order valence-electron chi connectivity index (χ0n) is 13.3. The van der Waals surface area contributed by atoms with Crippen LogP contribution in [0.5, 0.6) is 5.75 Å². The highest BCUT2D eigenvalue weighted by molar-refractivity contribution is 5.60. The van der Waals surface area contributed by atoms with E-state index in [9.17, 15) is 0 Å². The number of methoxy groups -OCH3 is 1. The normalized spacial score (nSPS) is 10.5. The summed E-state index contributed by atoms with van der Waals surface area (Å²) >= 11 is 0. The Morgan fingerprint density at radius 1 is 1.14 bits per heavy atom. The van der Waals surface area contributed by atoms with Gasteiger partial charge in [0.1, 0.15) is 23.7 Å². The molecule has 6 heteroatoms. The monoisotopic (exact) mass is 301 g/mol. The van der Waals surface area contributed by atoms with Gasteiger partial charge in [0.15, 0.2) is 0 Å². The molecule has 0 fully saturated rings. The smallest absolute Gasteiger partial charge is 0.135 e. The van der Waals surface area contributed by atoms with E-state index in [2.05, 4.69) is 39.6 Å². The lowest BCUT2D eigenvalue weighted by Crippen LogP contribution is -2.16. The second-order valence-corrected chi connectivity index (χ2v) is 5.23. The van der Waals surface area contributed by atoms with Crippen molar-refractivity contribution in [2.24, 2.45) is 0 Å². The van der Waals surface area contributed by atoms with Crippen molar-refractivity contribution < 1.29 is 4.74 Å². The van der Waals surface area contributed by atoms with Gasteiger partial charge in [0.05, 0.1) is 7.11 Å². The molecule has 0 atom stereocenters. The van der Waals surface area contributed by atoms with Crippen LogP contribution in [0.15, 0.2) is 36.7 Å². The van der Waals surface area contributed by atoms with Gasteiger partial charge in [-0.15, -0.1) is 0 Å². The first-order valence-corrected chi connectivity index (χ1v) is 7.29. The van der Waals surface area contributed by atoms with Gasteiger partial charge in [0, 0.05) is 24.4 Å². The molecular formula is C16H23N5O. The van der Waals surface area contributed by atoms with Gasteiger partial charge in [-0.3, -0.25) is 0 Å². The van der Waals surface area contributed by atoms with Crippen LogP contribution in [0.1, 0.15) is 6.42 Å². The predicted molar refractivity (Wildman–Crippen MR) is 90.0 cm³/mol. The summed E-state index contributed by atoms with van der Waals surface area (Å²) in [6, 6.07) is 9.63. The molecule has 0 unspecified atom stereocenters. The van der Waals surface area contributed by atoms with Crippen LogP contribution in [0.2, 0.25) is 0 Å². The molecule has 2 aromatic rings. The van der Waals surface area contributed by atoms with E-state index in [1.807, 2.05) is 30.3 Å². The molecule has 0 bridgehead atoms. The first-order chi connectivity index (χ1) is 10.7. The molecule has 0 aliphatic heterocycles. The number of benzene rings is 1. The Morgan fingerprint density at radius 2 is 1.95 bits per heavy atom. The van der Waals surface area contributed by atoms with Crippen molar-refractivity contribution in [1.29, 1.82) is 0 Å². The van der Waals surface area contributed by atoms with Gasteiger partial charge in [-0.1, -0.05) is 6.07 Å². The zero-order chi connectivity index (χ0) is 15.8. The van der Waals surface area contributed by atoms with E-state index in [1.165, 1.54) is 0 Å². The number of hydrogen-bond donors (Lipinski definition) is 2. The number of nitrogens with zero attached hydrogens (tertiary/aromatic N) is 3. The van der Waals surface area contributed by atoms with Crippen molar-refractivity contribution in [3.05, 3.63) is 36.7 Å². The lowest BCUT2D eigenvalue weighted by Gasteiger charge is -2.11. The fourth-order valence-electron chi connectivity index (χ4n) is 1.98. The van der Waals surface area contributed by atoms with Crippen LogP contribution in [-0.4, -0.2) is 49.2 Å². The van der Waals surface area contributed by atoms with Gasteiger partial charge >= 0.3 is 0 Å². The third kappa shape index (κ3) is 5.21. The Labute approximate surface area is 131 Å². The lowest BCUT2D eigenvalue weighted by molar-refractivity contribution is 0.405. The highest BCUT2D eigenvalue weighted by Crippen LogP contribution is 2.20. The molecular weight excluding hydrogens is 278 g/mol. The van der Waals surface area contributed by atoms with Crippen molar-refractivity contribution in [3.8, 4) is 5.75 Å². The summed E-state index contributed by atoms with van der Waals surface area (Å²) < 4.78 is 5.21. The molecule has 0 radical (unpaired) electrons. The molecule has 1 aromatic heterocycles. The van der Waals surface area contributed by atoms with Gasteiger partial charge in [0.25, 0.3) is 0 Å². The largest absolute Gasteiger partial charge is 0.497 e. The Balaban J connectivity index is 1.93. The van der Waals surface area contributed by atoms with Crippen molar-refractivity contribution in [3.63, 3.8) is 0 Å². The second-order valence-electron chi connectivity index (χ2n) is 5.23. The Bertz CT molecular complexity index is 588. The molecule has 6 nitrogen and oxygen atoms in total. The van der Waals surface area contributed by atoms with E-state index in [0.717, 1.165) is 42.6 Å². The third-order valence-corrected chi connectivity index (χ3v) is 3.10. The minimum atomic E-state index is 0.748. The maximum absolute atomic E-state index is 5.21. The number of aromatic nitrogens is 2. The highest BCUT2D eigenvalue weighted by Gasteiger charge is 2.01. The fraction of sp³-hybridized carbons (Fsp3) is 0.375. The summed E-state index contributed by atoms with van der Waals surface area (Å²) in [5.74, 6) is 2.37. The number of nitrogens with one attached hydrogen (secondary N) is 2. The maximum Gasteiger partial charge on any atom is 0.135 e. The number of anilines is 3. The number of rotatable bonds is 8. The standard InChI is InChI=1S/C16H23N5O/c1-21(2)9-5-8-17-15-11-16(19-12-18-15)20-13-6-4-7-14(10-13)22-3/h4,6-7,10-12H,5,8-9H2,1-3H3,(H2,17,18,19,20). The fourth-order valence-corrected chi connectivity index (χ4v) is 1.98. The van der Waals surface area contributed by atoms with Crippen LogP contribution in [0, 0.1) is 0 Å². The van der Waals surface area contributed by atoms with Crippen LogP contribution in [-0.2, 0) is 0 Å². The summed E-state index contributed by atoms with van der Waals surface area (Å²) in [6.07, 6.45) is 2.62. The van der Waals surface area contributed by atoms with Crippen LogP contribution < -0.4 is 15.4 Å². The first kappa shape index (κ1) is 16.0. The molecule has 2 N–H and O–H groups in total. The molecule has 2 rings (SSSR count). The van der Waals surface area contributed by atoms with E-state index in [1.54, 1.807) is 13.4 Å². The Hall–Kier alpha value is -2.34. The minimum Gasteiger partial charge on any atom is -0.497 e. The van der Waals surface area contributed by atoms with Gasteiger partial charge in [-0.25, -0.2) is 9.97 Å². The Kier molecular flexibility index (Phi) is 5.97. The average Bonchev–Trinajstić information content (AvgIpc) is 2.52. The molecule has 1 heterocycles. The topological polar surface area (TPSA) is 62.3 Å². The van der Waals surface area contributed by atoms with Gasteiger partial charge in [-0.05, 0) is 39.2 Å². The van der Waals surface area contributed by atoms with E-state index >= 15 is 0 Å². The van der Waals surface area contributed by atoms with Gasteiger partial charge in [-0.2, -0.15) is 0 Å². The third-order valence-electron chi connectivity index (χ3n) is 3.10. The summed E-state index contributed by atoms with van der Waals surface area (Å²) in [5.41, 5.74) is 0.927. The molecule has 0 amide bonds. The van der Waals surface area contributed by atoms with Crippen LogP contribution >= 0.6 is 0 Å². The molecule has 118 valence electrons. The summed E-state index contributed by atoms with van der Waals surface area (Å²) in [5, 5.41) is 6.55. The molecule has 0 spiro atoms. The van der Waals surface area contributed by atoms with Crippen molar-refractivity contribution in [2.45, 2.75) is 6.42 Å². The Morgan fingerprint density at radius 3 is 2.73 bits per heavy atom. The number of ether oxygens (including phenoxy) is 1. The van der Waals surface area contributed by atoms with E-state index in [4.69, 9.17) is 4.74 Å². The van der Waals surface area contributed by atoms with Crippen LogP contribution in [0.3, 0.4) is 0 Å².